The number of nitrogen functional groups attached to an aromatic ring is 1. The van der Waals surface area contributed by atoms with E-state index in [0.29, 0.717) is 23.4 Å². The number of hydrogen-bond acceptors (Lipinski definition) is 6. The van der Waals surface area contributed by atoms with Crippen molar-refractivity contribution < 1.29 is 19.0 Å². The molecule has 0 saturated heterocycles. The van der Waals surface area contributed by atoms with E-state index < -0.39 is 11.7 Å². The second kappa shape index (κ2) is 10.6. The molecule has 1 aliphatic rings. The minimum absolute atomic E-state index is 0.145. The van der Waals surface area contributed by atoms with Gasteiger partial charge in [-0.2, -0.15) is 0 Å². The highest BCUT2D eigenvalue weighted by Gasteiger charge is 2.27. The summed E-state index contributed by atoms with van der Waals surface area (Å²) in [6, 6.07) is 11.6. The highest BCUT2D eigenvalue weighted by molar-refractivity contribution is 5.97. The summed E-state index contributed by atoms with van der Waals surface area (Å²) in [6.45, 7) is 0.505. The molecule has 1 aliphatic carbocycles. The van der Waals surface area contributed by atoms with Crippen LogP contribution in [-0.2, 0) is 6.54 Å². The lowest BCUT2D eigenvalue weighted by molar-refractivity contribution is 0.0947. The maximum Gasteiger partial charge on any atom is 0.255 e. The van der Waals surface area contributed by atoms with E-state index in [4.69, 9.17) is 15.5 Å². The normalized spacial score (nSPS) is 17.6. The average molecular weight is 504 g/mol. The molecule has 37 heavy (non-hydrogen) atoms. The van der Waals surface area contributed by atoms with Gasteiger partial charge in [-0.05, 0) is 55.4 Å². The molecule has 2 aromatic carbocycles. The summed E-state index contributed by atoms with van der Waals surface area (Å²) in [5.74, 6) is 1.44. The summed E-state index contributed by atoms with van der Waals surface area (Å²) in [4.78, 5) is 21.9. The Morgan fingerprint density at radius 1 is 1.19 bits per heavy atom. The third-order valence-corrected chi connectivity index (χ3v) is 7.17. The second-order valence-corrected chi connectivity index (χ2v) is 9.47. The number of benzene rings is 2. The predicted molar refractivity (Wildman–Crippen MR) is 139 cm³/mol. The van der Waals surface area contributed by atoms with Gasteiger partial charge in [0.1, 0.15) is 34.4 Å². The van der Waals surface area contributed by atoms with Gasteiger partial charge in [-0.25, -0.2) is 14.4 Å². The summed E-state index contributed by atoms with van der Waals surface area (Å²) in [6.07, 6.45) is 7.50. The number of nitrogens with zero attached hydrogens (tertiary/aromatic N) is 3. The number of anilines is 1. The van der Waals surface area contributed by atoms with Gasteiger partial charge in [0, 0.05) is 37.0 Å². The number of nitrogens with one attached hydrogen (secondary N) is 1. The first-order chi connectivity index (χ1) is 18.0. The second-order valence-electron chi connectivity index (χ2n) is 9.47. The van der Waals surface area contributed by atoms with Gasteiger partial charge in [0.15, 0.2) is 0 Å². The molecule has 4 aromatic rings. The number of ether oxygens (including phenoxy) is 1. The molecule has 192 valence electrons. The fourth-order valence-corrected chi connectivity index (χ4v) is 5.10. The van der Waals surface area contributed by atoms with Crippen LogP contribution in [0.25, 0.3) is 16.8 Å². The van der Waals surface area contributed by atoms with Crippen molar-refractivity contribution in [3.05, 3.63) is 77.6 Å². The van der Waals surface area contributed by atoms with Crippen LogP contribution in [0.15, 0.2) is 54.9 Å². The first kappa shape index (κ1) is 24.7. The number of fused-ring (bicyclic) bond motifs is 1. The first-order valence-corrected chi connectivity index (χ1v) is 12.4. The van der Waals surface area contributed by atoms with E-state index in [2.05, 4.69) is 10.3 Å². The third-order valence-electron chi connectivity index (χ3n) is 7.17. The van der Waals surface area contributed by atoms with Gasteiger partial charge < -0.3 is 20.9 Å². The molecule has 1 saturated carbocycles. The number of carbonyl (C=O) groups is 1. The third kappa shape index (κ3) is 4.99. The maximum atomic E-state index is 13.6. The lowest BCUT2D eigenvalue weighted by Crippen LogP contribution is -2.23. The number of nitrogens with two attached hydrogens (primary N) is 1. The Balaban J connectivity index is 1.36. The Bertz CT molecular complexity index is 1410. The highest BCUT2D eigenvalue weighted by Crippen LogP contribution is 2.38. The summed E-state index contributed by atoms with van der Waals surface area (Å²) in [5.41, 5.74) is 9.76. The van der Waals surface area contributed by atoms with E-state index in [9.17, 15) is 14.3 Å². The molecule has 0 spiro atoms. The van der Waals surface area contributed by atoms with Gasteiger partial charge in [-0.1, -0.05) is 24.3 Å². The lowest BCUT2D eigenvalue weighted by atomic mass is 9.82. The largest absolute Gasteiger partial charge is 0.496 e. The van der Waals surface area contributed by atoms with Crippen molar-refractivity contribution in [2.45, 2.75) is 38.1 Å². The molecule has 5 rings (SSSR count). The minimum Gasteiger partial charge on any atom is -0.496 e. The molecule has 0 bridgehead atoms. The van der Waals surface area contributed by atoms with Crippen LogP contribution in [0.5, 0.6) is 5.75 Å². The van der Waals surface area contributed by atoms with Crippen LogP contribution in [0.1, 0.15) is 53.3 Å². The van der Waals surface area contributed by atoms with Crippen molar-refractivity contribution in [2.24, 2.45) is 5.92 Å². The Kier molecular flexibility index (Phi) is 7.05. The molecule has 0 unspecified atom stereocenters. The summed E-state index contributed by atoms with van der Waals surface area (Å²) >= 11 is 0. The quantitative estimate of drug-likeness (QED) is 0.346. The van der Waals surface area contributed by atoms with Crippen LogP contribution in [-0.4, -0.2) is 39.1 Å². The van der Waals surface area contributed by atoms with Gasteiger partial charge in [0.2, 0.25) is 0 Å². The molecular formula is C28H30FN5O3. The van der Waals surface area contributed by atoms with Crippen LogP contribution >= 0.6 is 0 Å². The first-order valence-electron chi connectivity index (χ1n) is 12.4. The zero-order valence-electron chi connectivity index (χ0n) is 20.7. The lowest BCUT2D eigenvalue weighted by Gasteiger charge is -2.26. The molecule has 1 fully saturated rings. The molecule has 2 aromatic heterocycles. The molecule has 4 N–H and O–H groups in total. The van der Waals surface area contributed by atoms with E-state index in [1.807, 2.05) is 34.9 Å². The number of methoxy groups -OCH3 is 1. The van der Waals surface area contributed by atoms with Crippen molar-refractivity contribution in [2.75, 3.05) is 19.5 Å². The van der Waals surface area contributed by atoms with Crippen molar-refractivity contribution in [1.82, 2.24) is 19.7 Å². The smallest absolute Gasteiger partial charge is 0.255 e. The molecule has 0 aliphatic heterocycles. The van der Waals surface area contributed by atoms with Crippen LogP contribution in [0.3, 0.4) is 0 Å². The number of amides is 1. The van der Waals surface area contributed by atoms with Crippen LogP contribution in [0.2, 0.25) is 0 Å². The van der Waals surface area contributed by atoms with E-state index in [1.165, 1.54) is 19.2 Å². The molecule has 0 radical (unpaired) electrons. The number of imidazole rings is 1. The fraction of sp³-hybridized carbons (Fsp3) is 0.321. The van der Waals surface area contributed by atoms with Crippen LogP contribution in [0, 0.1) is 11.7 Å². The number of carbonyl (C=O) groups excluding carboxylic acids is 1. The monoisotopic (exact) mass is 503 g/mol. The van der Waals surface area contributed by atoms with Gasteiger partial charge >= 0.3 is 0 Å². The average Bonchev–Trinajstić information content (AvgIpc) is 3.33. The highest BCUT2D eigenvalue weighted by atomic mass is 19.1. The predicted octanol–water partition coefficient (Wildman–Crippen LogP) is 4.32. The van der Waals surface area contributed by atoms with E-state index in [-0.39, 0.29) is 18.7 Å². The van der Waals surface area contributed by atoms with Crippen LogP contribution < -0.4 is 15.8 Å². The van der Waals surface area contributed by atoms with Gasteiger partial charge in [-0.3, -0.25) is 9.20 Å². The number of rotatable bonds is 7. The zero-order chi connectivity index (χ0) is 25.9. The van der Waals surface area contributed by atoms with Gasteiger partial charge in [0.25, 0.3) is 5.91 Å². The molecule has 1 amide bonds. The Morgan fingerprint density at radius 2 is 1.95 bits per heavy atom. The number of hydrogen-bond donors (Lipinski definition) is 3. The van der Waals surface area contributed by atoms with E-state index in [0.717, 1.165) is 59.9 Å². The molecule has 9 heteroatoms. The van der Waals surface area contributed by atoms with Crippen molar-refractivity contribution in [3.8, 4) is 17.0 Å². The molecule has 2 heterocycles. The number of aliphatic hydroxyl groups is 1. The van der Waals surface area contributed by atoms with Crippen molar-refractivity contribution >= 4 is 17.2 Å². The van der Waals surface area contributed by atoms with E-state index in [1.54, 1.807) is 6.20 Å². The minimum atomic E-state index is -0.503. The summed E-state index contributed by atoms with van der Waals surface area (Å²) in [7, 11) is 1.44. The molecular weight excluding hydrogens is 473 g/mol. The Labute approximate surface area is 214 Å². The standard InChI is InChI=1S/C28H30FN5O3/c1-37-23-11-10-21(29)14-22(23)28(36)32-15-17-2-6-19(7-3-17)24-25-26(30)31-12-13-34(25)27(33-24)20-8-4-18(16-35)5-9-20/h2-3,6-7,10-14,18,20,35H,4-5,8-9,15-16H2,1H3,(H2,30,31)(H,32,36). The molecule has 0 atom stereocenters. The summed E-state index contributed by atoms with van der Waals surface area (Å²) in [5, 5.41) is 12.3. The fourth-order valence-electron chi connectivity index (χ4n) is 5.10. The number of halogens is 1. The van der Waals surface area contributed by atoms with E-state index >= 15 is 0 Å². The van der Waals surface area contributed by atoms with Gasteiger partial charge in [-0.15, -0.1) is 0 Å². The topological polar surface area (TPSA) is 115 Å². The van der Waals surface area contributed by atoms with Crippen LogP contribution in [0.4, 0.5) is 10.2 Å². The number of aromatic nitrogens is 3. The molecule has 8 nitrogen and oxygen atoms in total. The SMILES string of the molecule is COc1ccc(F)cc1C(=O)NCc1ccc(-c2nc(C3CCC(CO)CC3)n3ccnc(N)c23)cc1. The maximum absolute atomic E-state index is 13.6. The number of aliphatic hydroxyl groups excluding tert-OH is 1. The zero-order valence-corrected chi connectivity index (χ0v) is 20.7. The van der Waals surface area contributed by atoms with Crippen molar-refractivity contribution in [1.29, 1.82) is 0 Å². The van der Waals surface area contributed by atoms with Crippen molar-refractivity contribution in [3.63, 3.8) is 0 Å². The Hall–Kier alpha value is -3.98. The van der Waals surface area contributed by atoms with Gasteiger partial charge in [0.05, 0.1) is 12.7 Å². The summed E-state index contributed by atoms with van der Waals surface area (Å²) < 4.78 is 20.9. The Morgan fingerprint density at radius 3 is 2.65 bits per heavy atom.